The molecular weight excluding hydrogens is 408 g/mol. The first kappa shape index (κ1) is 21.3. The summed E-state index contributed by atoms with van der Waals surface area (Å²) >= 11 is 0. The van der Waals surface area contributed by atoms with Crippen LogP contribution in [0.25, 0.3) is 11.6 Å². The zero-order chi connectivity index (χ0) is 23.2. The third-order valence-corrected chi connectivity index (χ3v) is 6.00. The van der Waals surface area contributed by atoms with Gasteiger partial charge in [0.25, 0.3) is 11.6 Å². The van der Waals surface area contributed by atoms with Gasteiger partial charge in [-0.3, -0.25) is 19.8 Å². The maximum atomic E-state index is 12.8. The van der Waals surface area contributed by atoms with E-state index in [1.54, 1.807) is 6.08 Å². The van der Waals surface area contributed by atoms with Crippen molar-refractivity contribution in [1.29, 1.82) is 0 Å². The lowest BCUT2D eigenvalue weighted by atomic mass is 9.88. The maximum Gasteiger partial charge on any atom is 0.329 e. The highest BCUT2D eigenvalue weighted by molar-refractivity contribution is 6.14. The van der Waals surface area contributed by atoms with Gasteiger partial charge in [0, 0.05) is 30.4 Å². The van der Waals surface area contributed by atoms with Crippen LogP contribution in [0.2, 0.25) is 0 Å². The van der Waals surface area contributed by atoms with Gasteiger partial charge in [0.2, 0.25) is 0 Å². The topological polar surface area (TPSA) is 95.8 Å². The van der Waals surface area contributed by atoms with Gasteiger partial charge in [0.15, 0.2) is 0 Å². The zero-order valence-electron chi connectivity index (χ0n) is 18.4. The number of rotatable bonds is 4. The number of nitro groups is 1. The number of carbonyl (C=O) groups excluding carboxylic acids is 2. The monoisotopic (exact) mass is 432 g/mol. The van der Waals surface area contributed by atoms with Crippen LogP contribution >= 0.6 is 0 Å². The molecule has 1 saturated heterocycles. The van der Waals surface area contributed by atoms with E-state index in [1.807, 2.05) is 18.2 Å². The first-order valence-corrected chi connectivity index (χ1v) is 10.2. The molecule has 0 aliphatic carbocycles. The van der Waals surface area contributed by atoms with E-state index in [0.717, 1.165) is 27.3 Å². The van der Waals surface area contributed by atoms with Crippen molar-refractivity contribution in [2.75, 3.05) is 11.9 Å². The number of fused-ring (bicyclic) bond motifs is 1. The minimum Gasteiger partial charge on any atom is -0.366 e. The fourth-order valence-electron chi connectivity index (χ4n) is 4.05. The zero-order valence-corrected chi connectivity index (χ0v) is 18.4. The molecule has 32 heavy (non-hydrogen) atoms. The number of urea groups is 1. The van der Waals surface area contributed by atoms with Crippen LogP contribution in [0, 0.1) is 10.1 Å². The van der Waals surface area contributed by atoms with Crippen molar-refractivity contribution in [2.24, 2.45) is 0 Å². The average Bonchev–Trinajstić information content (AvgIpc) is 2.99. The Kier molecular flexibility index (Phi) is 5.08. The number of anilines is 1. The van der Waals surface area contributed by atoms with Crippen molar-refractivity contribution in [3.63, 3.8) is 0 Å². The van der Waals surface area contributed by atoms with Crippen LogP contribution in [0.15, 0.2) is 54.2 Å². The predicted molar refractivity (Wildman–Crippen MR) is 123 cm³/mol. The second-order valence-corrected chi connectivity index (χ2v) is 8.62. The Hall–Kier alpha value is -3.94. The van der Waals surface area contributed by atoms with Crippen LogP contribution in [-0.4, -0.2) is 34.3 Å². The molecule has 2 heterocycles. The molecule has 2 aliphatic heterocycles. The summed E-state index contributed by atoms with van der Waals surface area (Å²) in [6.07, 6.45) is 3.88. The van der Waals surface area contributed by atoms with Gasteiger partial charge in [-0.25, -0.2) is 4.79 Å². The molecule has 0 saturated carbocycles. The number of allylic oxidation sites excluding steroid dienone is 1. The highest BCUT2D eigenvalue weighted by atomic mass is 16.6. The van der Waals surface area contributed by atoms with Crippen molar-refractivity contribution >= 4 is 35.0 Å². The fourth-order valence-corrected chi connectivity index (χ4v) is 4.05. The van der Waals surface area contributed by atoms with Crippen LogP contribution in [0.5, 0.6) is 0 Å². The van der Waals surface area contributed by atoms with Gasteiger partial charge in [-0.15, -0.1) is 0 Å². The molecule has 3 amide bonds. The lowest BCUT2D eigenvalue weighted by Gasteiger charge is -2.40. The van der Waals surface area contributed by atoms with Gasteiger partial charge < -0.3 is 10.2 Å². The second kappa shape index (κ2) is 7.64. The number of hydrogen-bond donors (Lipinski definition) is 1. The van der Waals surface area contributed by atoms with Gasteiger partial charge in [-0.2, -0.15) is 0 Å². The summed E-state index contributed by atoms with van der Waals surface area (Å²) in [6.45, 7) is 6.41. The number of likely N-dealkylation sites (N-methyl/N-ethyl adjacent to an activating group) is 1. The SMILES string of the molecule is CC1=CC(C)(C)N(C)c2ccc(/C=C3/NC(=O)N(Cc4ccc([N+](=O)[O-])cc4)C3=O)cc21. The lowest BCUT2D eigenvalue weighted by molar-refractivity contribution is -0.384. The Morgan fingerprint density at radius 1 is 1.12 bits per heavy atom. The largest absolute Gasteiger partial charge is 0.366 e. The summed E-state index contributed by atoms with van der Waals surface area (Å²) in [4.78, 5) is 38.8. The molecule has 1 fully saturated rings. The number of amides is 3. The molecule has 1 N–H and O–H groups in total. The lowest BCUT2D eigenvalue weighted by Crippen LogP contribution is -2.42. The van der Waals surface area contributed by atoms with Crippen molar-refractivity contribution in [2.45, 2.75) is 32.9 Å². The fraction of sp³-hybridized carbons (Fsp3) is 0.250. The van der Waals surface area contributed by atoms with E-state index in [9.17, 15) is 19.7 Å². The molecule has 0 spiro atoms. The summed E-state index contributed by atoms with van der Waals surface area (Å²) in [5.74, 6) is -0.434. The third kappa shape index (κ3) is 3.75. The summed E-state index contributed by atoms with van der Waals surface area (Å²) in [5, 5.41) is 13.4. The minimum absolute atomic E-state index is 0.0336. The number of benzene rings is 2. The third-order valence-electron chi connectivity index (χ3n) is 6.00. The summed E-state index contributed by atoms with van der Waals surface area (Å²) in [7, 11) is 2.05. The molecule has 0 aromatic heterocycles. The van der Waals surface area contributed by atoms with E-state index in [-0.39, 0.29) is 23.5 Å². The first-order valence-electron chi connectivity index (χ1n) is 10.2. The van der Waals surface area contributed by atoms with Crippen LogP contribution in [0.1, 0.15) is 37.5 Å². The Balaban J connectivity index is 1.57. The van der Waals surface area contributed by atoms with E-state index in [0.29, 0.717) is 5.56 Å². The Bertz CT molecular complexity index is 1190. The molecule has 0 atom stereocenters. The van der Waals surface area contributed by atoms with Crippen molar-refractivity contribution in [1.82, 2.24) is 10.2 Å². The Morgan fingerprint density at radius 2 is 1.81 bits per heavy atom. The predicted octanol–water partition coefficient (Wildman–Crippen LogP) is 4.32. The number of nitrogens with zero attached hydrogens (tertiary/aromatic N) is 3. The van der Waals surface area contributed by atoms with Crippen LogP contribution < -0.4 is 10.2 Å². The van der Waals surface area contributed by atoms with E-state index in [4.69, 9.17) is 0 Å². The van der Waals surface area contributed by atoms with Gasteiger partial charge >= 0.3 is 6.03 Å². The number of nitro benzene ring substituents is 1. The molecule has 0 radical (unpaired) electrons. The number of carbonyl (C=O) groups is 2. The van der Waals surface area contributed by atoms with E-state index in [1.165, 1.54) is 24.3 Å². The van der Waals surface area contributed by atoms with Gasteiger partial charge in [0.1, 0.15) is 5.70 Å². The van der Waals surface area contributed by atoms with Gasteiger partial charge in [-0.05, 0) is 55.7 Å². The van der Waals surface area contributed by atoms with Gasteiger partial charge in [0.05, 0.1) is 17.0 Å². The van der Waals surface area contributed by atoms with Crippen molar-refractivity contribution in [3.05, 3.63) is 81.0 Å². The second-order valence-electron chi connectivity index (χ2n) is 8.62. The molecule has 2 aliphatic rings. The molecular formula is C24H24N4O4. The smallest absolute Gasteiger partial charge is 0.329 e. The quantitative estimate of drug-likeness (QED) is 0.336. The molecule has 2 aromatic carbocycles. The molecule has 164 valence electrons. The Morgan fingerprint density at radius 3 is 2.47 bits per heavy atom. The molecule has 8 heteroatoms. The molecule has 0 bridgehead atoms. The molecule has 4 rings (SSSR count). The summed E-state index contributed by atoms with van der Waals surface area (Å²) in [5.41, 5.74) is 4.85. The van der Waals surface area contributed by atoms with E-state index >= 15 is 0 Å². The number of non-ortho nitro benzene ring substituents is 1. The standard InChI is InChI=1S/C24H24N4O4/c1-15-13-24(2,3)26(4)21-10-7-17(11-19(15)21)12-20-22(29)27(23(30)25-20)14-16-5-8-18(9-6-16)28(31)32/h5-13H,14H2,1-4H3,(H,25,30)/b20-12+. The van der Waals surface area contributed by atoms with E-state index < -0.39 is 16.9 Å². The minimum atomic E-state index is -0.518. The van der Waals surface area contributed by atoms with Crippen LogP contribution in [0.3, 0.4) is 0 Å². The number of hydrogen-bond acceptors (Lipinski definition) is 5. The normalized spacial score (nSPS) is 18.5. The highest BCUT2D eigenvalue weighted by Crippen LogP contribution is 2.38. The first-order chi connectivity index (χ1) is 15.1. The number of imide groups is 1. The number of nitrogens with one attached hydrogen (secondary N) is 1. The van der Waals surface area contributed by atoms with Crippen LogP contribution in [0.4, 0.5) is 16.2 Å². The summed E-state index contributed by atoms with van der Waals surface area (Å²) in [6, 6.07) is 11.2. The maximum absolute atomic E-state index is 12.8. The van der Waals surface area contributed by atoms with Crippen molar-refractivity contribution < 1.29 is 14.5 Å². The summed E-state index contributed by atoms with van der Waals surface area (Å²) < 4.78 is 0. The molecule has 8 nitrogen and oxygen atoms in total. The molecule has 0 unspecified atom stereocenters. The Labute approximate surface area is 186 Å². The highest BCUT2D eigenvalue weighted by Gasteiger charge is 2.34. The van der Waals surface area contributed by atoms with E-state index in [2.05, 4.69) is 44.1 Å². The molecule has 2 aromatic rings. The van der Waals surface area contributed by atoms with Crippen LogP contribution in [-0.2, 0) is 11.3 Å². The average molecular weight is 432 g/mol. The van der Waals surface area contributed by atoms with Crippen molar-refractivity contribution in [3.8, 4) is 0 Å². The van der Waals surface area contributed by atoms with Gasteiger partial charge in [-0.1, -0.05) is 24.3 Å².